The molecule has 1 saturated heterocycles. The molecule has 1 N–H and O–H groups in total. The summed E-state index contributed by atoms with van der Waals surface area (Å²) in [5.74, 6) is 0.380. The van der Waals surface area contributed by atoms with Crippen molar-refractivity contribution in [3.63, 3.8) is 0 Å². The summed E-state index contributed by atoms with van der Waals surface area (Å²) in [6.07, 6.45) is 0. The summed E-state index contributed by atoms with van der Waals surface area (Å²) in [4.78, 5) is 32.4. The third kappa shape index (κ3) is 8.05. The van der Waals surface area contributed by atoms with Crippen LogP contribution in [0.3, 0.4) is 0 Å². The van der Waals surface area contributed by atoms with Crippen LogP contribution in [-0.4, -0.2) is 79.0 Å². The van der Waals surface area contributed by atoms with Crippen molar-refractivity contribution in [3.05, 3.63) is 83.9 Å². The normalized spacial score (nSPS) is 14.1. The van der Waals surface area contributed by atoms with Gasteiger partial charge in [-0.2, -0.15) is 0 Å². The molecule has 0 saturated carbocycles. The van der Waals surface area contributed by atoms with Gasteiger partial charge < -0.3 is 24.3 Å². The van der Waals surface area contributed by atoms with E-state index in [0.717, 1.165) is 42.1 Å². The van der Waals surface area contributed by atoms with Crippen molar-refractivity contribution in [1.29, 1.82) is 0 Å². The topological polar surface area (TPSA) is 101 Å². The van der Waals surface area contributed by atoms with Gasteiger partial charge in [-0.25, -0.2) is 4.79 Å². The predicted molar refractivity (Wildman–Crippen MR) is 148 cm³/mol. The molecular weight excluding hydrogens is 498 g/mol. The summed E-state index contributed by atoms with van der Waals surface area (Å²) in [5, 5.41) is 12.5. The summed E-state index contributed by atoms with van der Waals surface area (Å²) >= 11 is 0. The number of nitrogens with zero attached hydrogens (tertiary/aromatic N) is 3. The molecule has 0 unspecified atom stereocenters. The van der Waals surface area contributed by atoms with Crippen molar-refractivity contribution in [2.24, 2.45) is 5.16 Å². The number of carboxylic acid groups (broad SMARTS) is 1. The van der Waals surface area contributed by atoms with E-state index in [0.29, 0.717) is 24.6 Å². The molecule has 9 nitrogen and oxygen atoms in total. The molecule has 0 atom stereocenters. The molecule has 0 bridgehead atoms. The fourth-order valence-corrected chi connectivity index (χ4v) is 4.33. The van der Waals surface area contributed by atoms with Crippen LogP contribution < -0.4 is 9.47 Å². The predicted octanol–water partition coefficient (Wildman–Crippen LogP) is 3.91. The number of hydrogen-bond donors (Lipinski definition) is 1. The molecule has 0 aliphatic carbocycles. The summed E-state index contributed by atoms with van der Waals surface area (Å²) in [6.45, 7) is 5.05. The van der Waals surface area contributed by atoms with Crippen molar-refractivity contribution in [1.82, 2.24) is 9.80 Å². The first kappa shape index (κ1) is 27.7. The Kier molecular flexibility index (Phi) is 9.53. The van der Waals surface area contributed by atoms with Crippen LogP contribution in [-0.2, 0) is 21.0 Å². The SMILES string of the molecule is COc1cccc(CN2CCN(C(=O)COc3cccc(-c4ccc(/C(C)=N/OCC(=O)O)cc4)c3)CC2)c1. The second kappa shape index (κ2) is 13.4. The number of ether oxygens (including phenoxy) is 2. The lowest BCUT2D eigenvalue weighted by Gasteiger charge is -2.34. The van der Waals surface area contributed by atoms with Crippen molar-refractivity contribution in [2.45, 2.75) is 13.5 Å². The first-order valence-corrected chi connectivity index (χ1v) is 12.8. The quantitative estimate of drug-likeness (QED) is 0.296. The second-order valence-electron chi connectivity index (χ2n) is 9.25. The Morgan fingerprint density at radius 3 is 2.31 bits per heavy atom. The van der Waals surface area contributed by atoms with Crippen LogP contribution >= 0.6 is 0 Å². The average Bonchev–Trinajstić information content (AvgIpc) is 2.96. The van der Waals surface area contributed by atoms with Crippen LogP contribution in [0.25, 0.3) is 11.1 Å². The molecule has 1 aliphatic heterocycles. The molecule has 3 aromatic rings. The Morgan fingerprint density at radius 1 is 0.872 bits per heavy atom. The molecule has 204 valence electrons. The lowest BCUT2D eigenvalue weighted by Crippen LogP contribution is -2.49. The number of carboxylic acids is 1. The molecule has 1 amide bonds. The van der Waals surface area contributed by atoms with Gasteiger partial charge in [0.25, 0.3) is 5.91 Å². The second-order valence-corrected chi connectivity index (χ2v) is 9.25. The van der Waals surface area contributed by atoms with E-state index in [4.69, 9.17) is 19.4 Å². The van der Waals surface area contributed by atoms with Crippen molar-refractivity contribution >= 4 is 17.6 Å². The van der Waals surface area contributed by atoms with Crippen molar-refractivity contribution < 1.29 is 29.0 Å². The Morgan fingerprint density at radius 2 is 1.59 bits per heavy atom. The van der Waals surface area contributed by atoms with E-state index in [1.165, 1.54) is 5.56 Å². The van der Waals surface area contributed by atoms with E-state index >= 15 is 0 Å². The molecule has 0 spiro atoms. The first-order valence-electron chi connectivity index (χ1n) is 12.8. The van der Waals surface area contributed by atoms with Crippen LogP contribution in [0.2, 0.25) is 0 Å². The summed E-state index contributed by atoms with van der Waals surface area (Å²) < 4.78 is 11.2. The fourth-order valence-electron chi connectivity index (χ4n) is 4.33. The van der Waals surface area contributed by atoms with Gasteiger partial charge in [0.1, 0.15) is 11.5 Å². The third-order valence-corrected chi connectivity index (χ3v) is 6.49. The zero-order valence-electron chi connectivity index (χ0n) is 22.2. The minimum Gasteiger partial charge on any atom is -0.497 e. The Labute approximate surface area is 228 Å². The molecule has 39 heavy (non-hydrogen) atoms. The average molecular weight is 532 g/mol. The van der Waals surface area contributed by atoms with E-state index < -0.39 is 12.6 Å². The first-order chi connectivity index (χ1) is 18.9. The van der Waals surface area contributed by atoms with E-state index in [2.05, 4.69) is 16.1 Å². The van der Waals surface area contributed by atoms with Gasteiger partial charge in [0.15, 0.2) is 6.61 Å². The van der Waals surface area contributed by atoms with E-state index in [1.807, 2.05) is 71.6 Å². The number of oxime groups is 1. The van der Waals surface area contributed by atoms with Crippen LogP contribution in [0.5, 0.6) is 11.5 Å². The smallest absolute Gasteiger partial charge is 0.344 e. The number of methoxy groups -OCH3 is 1. The Balaban J connectivity index is 1.26. The molecule has 1 heterocycles. The van der Waals surface area contributed by atoms with Crippen LogP contribution in [0, 0.1) is 0 Å². The number of hydrogen-bond acceptors (Lipinski definition) is 7. The molecule has 9 heteroatoms. The molecule has 1 aliphatic rings. The summed E-state index contributed by atoms with van der Waals surface area (Å²) in [5.41, 5.74) is 4.53. The van der Waals surface area contributed by atoms with Crippen LogP contribution in [0.4, 0.5) is 0 Å². The molecule has 1 fully saturated rings. The standard InChI is InChI=1S/C30H33N3O6/c1-22(31-39-21-30(35)36)24-9-11-25(12-10-24)26-6-4-8-28(18-26)38-20-29(34)33-15-13-32(14-16-33)19-23-5-3-7-27(17-23)37-2/h3-12,17-18H,13-16,19-21H2,1-2H3,(H,35,36)/b31-22+. The lowest BCUT2D eigenvalue weighted by atomic mass is 10.0. The highest BCUT2D eigenvalue weighted by atomic mass is 16.6. The van der Waals surface area contributed by atoms with Crippen LogP contribution in [0.15, 0.2) is 78.0 Å². The Hall–Kier alpha value is -4.37. The third-order valence-electron chi connectivity index (χ3n) is 6.49. The molecule has 3 aromatic carbocycles. The molecule has 0 aromatic heterocycles. The number of carbonyl (C=O) groups excluding carboxylic acids is 1. The number of benzene rings is 3. The zero-order valence-corrected chi connectivity index (χ0v) is 22.2. The maximum atomic E-state index is 12.8. The highest BCUT2D eigenvalue weighted by molar-refractivity contribution is 5.98. The monoisotopic (exact) mass is 531 g/mol. The Bertz CT molecular complexity index is 1300. The van der Waals surface area contributed by atoms with Gasteiger partial charge in [-0.1, -0.05) is 53.7 Å². The summed E-state index contributed by atoms with van der Waals surface area (Å²) in [6, 6.07) is 23.4. The number of piperazine rings is 1. The molecular formula is C30H33N3O6. The zero-order chi connectivity index (χ0) is 27.6. The van der Waals surface area contributed by atoms with E-state index in [1.54, 1.807) is 14.0 Å². The number of aliphatic carboxylic acids is 1. The minimum atomic E-state index is -1.08. The van der Waals surface area contributed by atoms with E-state index in [-0.39, 0.29) is 12.5 Å². The molecule has 0 radical (unpaired) electrons. The maximum Gasteiger partial charge on any atom is 0.344 e. The van der Waals surface area contributed by atoms with E-state index in [9.17, 15) is 9.59 Å². The highest BCUT2D eigenvalue weighted by Crippen LogP contribution is 2.25. The number of amides is 1. The van der Waals surface area contributed by atoms with Crippen molar-refractivity contribution in [3.8, 4) is 22.6 Å². The van der Waals surface area contributed by atoms with Gasteiger partial charge in [-0.05, 0) is 53.4 Å². The van der Waals surface area contributed by atoms with Crippen LogP contribution in [0.1, 0.15) is 18.1 Å². The van der Waals surface area contributed by atoms with Gasteiger partial charge in [-0.15, -0.1) is 0 Å². The highest BCUT2D eigenvalue weighted by Gasteiger charge is 2.21. The maximum absolute atomic E-state index is 12.8. The van der Waals surface area contributed by atoms with Gasteiger partial charge >= 0.3 is 5.97 Å². The minimum absolute atomic E-state index is 0.00965. The molecule has 4 rings (SSSR count). The van der Waals surface area contributed by atoms with Crippen molar-refractivity contribution in [2.75, 3.05) is 46.5 Å². The van der Waals surface area contributed by atoms with Gasteiger partial charge in [0.05, 0.1) is 12.8 Å². The fraction of sp³-hybridized carbons (Fsp3) is 0.300. The number of rotatable bonds is 11. The van der Waals surface area contributed by atoms with Gasteiger partial charge in [-0.3, -0.25) is 9.69 Å². The lowest BCUT2D eigenvalue weighted by molar-refractivity contribution is -0.142. The largest absolute Gasteiger partial charge is 0.497 e. The van der Waals surface area contributed by atoms with Gasteiger partial charge in [0, 0.05) is 32.7 Å². The van der Waals surface area contributed by atoms with Gasteiger partial charge in [0.2, 0.25) is 6.61 Å². The number of carbonyl (C=O) groups is 2. The summed E-state index contributed by atoms with van der Waals surface area (Å²) in [7, 11) is 1.67.